The molecule has 3 heteroatoms. The maximum atomic E-state index is 10.6. The molecule has 3 nitrogen and oxygen atoms in total. The van der Waals surface area contributed by atoms with Crippen LogP contribution in [0.15, 0.2) is 0 Å². The van der Waals surface area contributed by atoms with E-state index in [1.807, 2.05) is 6.92 Å². The van der Waals surface area contributed by atoms with Crippen molar-refractivity contribution < 1.29 is 14.6 Å². The van der Waals surface area contributed by atoms with Crippen LogP contribution >= 0.6 is 0 Å². The van der Waals surface area contributed by atoms with Gasteiger partial charge in [0.15, 0.2) is 0 Å². The standard InChI is InChI=1S/C8H16O3/c1-3-7(9)5-6-11-8(10)4-2/h7,9H,3-6H2,1-2H3. The molecule has 0 fully saturated rings. The Morgan fingerprint density at radius 1 is 1.55 bits per heavy atom. The van der Waals surface area contributed by atoms with Gasteiger partial charge in [0.1, 0.15) is 0 Å². The molecule has 0 aliphatic heterocycles. The quantitative estimate of drug-likeness (QED) is 0.612. The Morgan fingerprint density at radius 2 is 2.18 bits per heavy atom. The smallest absolute Gasteiger partial charge is 0.305 e. The molecule has 0 aromatic rings. The third kappa shape index (κ3) is 5.85. The van der Waals surface area contributed by atoms with Crippen LogP contribution in [0.25, 0.3) is 0 Å². The van der Waals surface area contributed by atoms with Crippen molar-refractivity contribution in [1.82, 2.24) is 0 Å². The lowest BCUT2D eigenvalue weighted by Gasteiger charge is -2.06. The fourth-order valence-electron chi connectivity index (χ4n) is 0.615. The molecule has 11 heavy (non-hydrogen) atoms. The third-order valence-corrected chi connectivity index (χ3v) is 1.47. The van der Waals surface area contributed by atoms with Crippen molar-refractivity contribution in [1.29, 1.82) is 0 Å². The number of carbonyl (C=O) groups excluding carboxylic acids is 1. The molecule has 0 aliphatic rings. The van der Waals surface area contributed by atoms with Crippen molar-refractivity contribution in [2.24, 2.45) is 0 Å². The van der Waals surface area contributed by atoms with Crippen molar-refractivity contribution in [2.45, 2.75) is 39.2 Å². The Morgan fingerprint density at radius 3 is 2.64 bits per heavy atom. The molecule has 1 atom stereocenters. The van der Waals surface area contributed by atoms with E-state index >= 15 is 0 Å². The normalized spacial score (nSPS) is 12.6. The van der Waals surface area contributed by atoms with Gasteiger partial charge in [-0.2, -0.15) is 0 Å². The summed E-state index contributed by atoms with van der Waals surface area (Å²) in [6, 6.07) is 0. The summed E-state index contributed by atoms with van der Waals surface area (Å²) in [6.07, 6.45) is 1.33. The number of carbonyl (C=O) groups is 1. The highest BCUT2D eigenvalue weighted by Crippen LogP contribution is 1.97. The molecule has 0 amide bonds. The minimum Gasteiger partial charge on any atom is -0.466 e. The van der Waals surface area contributed by atoms with E-state index in [-0.39, 0.29) is 12.1 Å². The van der Waals surface area contributed by atoms with Crippen LogP contribution in [0, 0.1) is 0 Å². The van der Waals surface area contributed by atoms with Gasteiger partial charge in [-0.1, -0.05) is 13.8 Å². The van der Waals surface area contributed by atoms with Crippen LogP contribution in [0.1, 0.15) is 33.1 Å². The zero-order chi connectivity index (χ0) is 8.69. The number of ether oxygens (including phenoxy) is 1. The molecule has 0 aromatic carbocycles. The van der Waals surface area contributed by atoms with Crippen molar-refractivity contribution in [3.05, 3.63) is 0 Å². The summed E-state index contributed by atoms with van der Waals surface area (Å²) >= 11 is 0. The second-order valence-electron chi connectivity index (χ2n) is 2.42. The Hall–Kier alpha value is -0.570. The van der Waals surface area contributed by atoms with E-state index < -0.39 is 0 Å². The molecule has 66 valence electrons. The largest absolute Gasteiger partial charge is 0.466 e. The van der Waals surface area contributed by atoms with Gasteiger partial charge in [-0.05, 0) is 6.42 Å². The monoisotopic (exact) mass is 160 g/mol. The molecule has 0 aromatic heterocycles. The minimum atomic E-state index is -0.334. The lowest BCUT2D eigenvalue weighted by molar-refractivity contribution is -0.143. The van der Waals surface area contributed by atoms with Gasteiger partial charge in [-0.25, -0.2) is 0 Å². The molecule has 0 aliphatic carbocycles. The van der Waals surface area contributed by atoms with Gasteiger partial charge in [-0.15, -0.1) is 0 Å². The highest BCUT2D eigenvalue weighted by Gasteiger charge is 2.02. The molecule has 1 unspecified atom stereocenters. The molecule has 0 spiro atoms. The summed E-state index contributed by atoms with van der Waals surface area (Å²) in [5.41, 5.74) is 0. The maximum Gasteiger partial charge on any atom is 0.305 e. The number of aliphatic hydroxyl groups is 1. The molecule has 0 rings (SSSR count). The average Bonchev–Trinajstić information content (AvgIpc) is 2.04. The predicted octanol–water partition coefficient (Wildman–Crippen LogP) is 1.10. The van der Waals surface area contributed by atoms with Crippen LogP contribution in [-0.4, -0.2) is 23.8 Å². The second-order valence-corrected chi connectivity index (χ2v) is 2.42. The van der Waals surface area contributed by atoms with Gasteiger partial charge in [-0.3, -0.25) is 4.79 Å². The van der Waals surface area contributed by atoms with Crippen LogP contribution in [0.4, 0.5) is 0 Å². The molecule has 0 heterocycles. The molecular weight excluding hydrogens is 144 g/mol. The molecule has 0 bridgehead atoms. The second kappa shape index (κ2) is 6.16. The summed E-state index contributed by atoms with van der Waals surface area (Å²) in [6.45, 7) is 3.98. The van der Waals surface area contributed by atoms with E-state index in [1.54, 1.807) is 6.92 Å². The molecule has 0 saturated carbocycles. The van der Waals surface area contributed by atoms with Crippen molar-refractivity contribution in [3.8, 4) is 0 Å². The number of esters is 1. The summed E-state index contributed by atoms with van der Waals surface area (Å²) in [5.74, 6) is -0.201. The molecule has 1 N–H and O–H groups in total. The zero-order valence-corrected chi connectivity index (χ0v) is 7.17. The van der Waals surface area contributed by atoms with Crippen molar-refractivity contribution in [3.63, 3.8) is 0 Å². The van der Waals surface area contributed by atoms with E-state index in [2.05, 4.69) is 0 Å². The Bertz CT molecular complexity index is 112. The molecule has 0 saturated heterocycles. The lowest BCUT2D eigenvalue weighted by atomic mass is 10.2. The van der Waals surface area contributed by atoms with E-state index in [0.29, 0.717) is 25.9 Å². The highest BCUT2D eigenvalue weighted by molar-refractivity contribution is 5.68. The average molecular weight is 160 g/mol. The van der Waals surface area contributed by atoms with Gasteiger partial charge < -0.3 is 9.84 Å². The SMILES string of the molecule is CCC(=O)OCCC(O)CC. The highest BCUT2D eigenvalue weighted by atomic mass is 16.5. The van der Waals surface area contributed by atoms with E-state index in [1.165, 1.54) is 0 Å². The fourth-order valence-corrected chi connectivity index (χ4v) is 0.615. The zero-order valence-electron chi connectivity index (χ0n) is 7.17. The van der Waals surface area contributed by atoms with Gasteiger partial charge in [0.2, 0.25) is 0 Å². The van der Waals surface area contributed by atoms with E-state index in [0.717, 1.165) is 0 Å². The van der Waals surface area contributed by atoms with Crippen LogP contribution in [0.3, 0.4) is 0 Å². The van der Waals surface area contributed by atoms with E-state index in [4.69, 9.17) is 9.84 Å². The Labute approximate surface area is 67.4 Å². The van der Waals surface area contributed by atoms with Gasteiger partial charge in [0, 0.05) is 12.8 Å². The van der Waals surface area contributed by atoms with Crippen LogP contribution in [0.2, 0.25) is 0 Å². The number of hydrogen-bond acceptors (Lipinski definition) is 3. The van der Waals surface area contributed by atoms with Crippen molar-refractivity contribution in [2.75, 3.05) is 6.61 Å². The lowest BCUT2D eigenvalue weighted by Crippen LogP contribution is -2.11. The van der Waals surface area contributed by atoms with E-state index in [9.17, 15) is 4.79 Å². The summed E-state index contributed by atoms with van der Waals surface area (Å²) in [5, 5.41) is 9.05. The maximum absolute atomic E-state index is 10.6. The Kier molecular flexibility index (Phi) is 5.84. The number of hydrogen-bond donors (Lipinski definition) is 1. The number of aliphatic hydroxyl groups excluding tert-OH is 1. The first-order valence-electron chi connectivity index (χ1n) is 4.04. The molecule has 0 radical (unpaired) electrons. The van der Waals surface area contributed by atoms with Crippen LogP contribution in [0.5, 0.6) is 0 Å². The van der Waals surface area contributed by atoms with Crippen molar-refractivity contribution >= 4 is 5.97 Å². The summed E-state index contributed by atoms with van der Waals surface area (Å²) < 4.78 is 4.76. The fraction of sp³-hybridized carbons (Fsp3) is 0.875. The summed E-state index contributed by atoms with van der Waals surface area (Å²) in [7, 11) is 0. The van der Waals surface area contributed by atoms with Gasteiger partial charge >= 0.3 is 5.97 Å². The third-order valence-electron chi connectivity index (χ3n) is 1.47. The number of rotatable bonds is 5. The minimum absolute atomic E-state index is 0.201. The first kappa shape index (κ1) is 10.4. The first-order chi connectivity index (χ1) is 5.20. The van der Waals surface area contributed by atoms with Crippen LogP contribution < -0.4 is 0 Å². The van der Waals surface area contributed by atoms with Gasteiger partial charge in [0.25, 0.3) is 0 Å². The molecular formula is C8H16O3. The van der Waals surface area contributed by atoms with Crippen LogP contribution in [-0.2, 0) is 9.53 Å². The topological polar surface area (TPSA) is 46.5 Å². The predicted molar refractivity (Wildman–Crippen MR) is 42.2 cm³/mol. The van der Waals surface area contributed by atoms with Gasteiger partial charge in [0.05, 0.1) is 12.7 Å². The Balaban J connectivity index is 3.20. The first-order valence-corrected chi connectivity index (χ1v) is 4.04. The summed E-state index contributed by atoms with van der Waals surface area (Å²) in [4.78, 5) is 10.6.